The van der Waals surface area contributed by atoms with Gasteiger partial charge in [-0.15, -0.1) is 6.58 Å². The smallest absolute Gasteiger partial charge is 0.343 e. The SMILES string of the molecule is [2H]C1(C=C)C(Nc2ccc(C(F)(F)F)cn2)=CC=C(S(N)(=O)=O)C1C. The van der Waals surface area contributed by atoms with Gasteiger partial charge in [-0.25, -0.2) is 18.5 Å². The van der Waals surface area contributed by atoms with E-state index in [1.807, 2.05) is 0 Å². The number of halogens is 3. The van der Waals surface area contributed by atoms with Gasteiger partial charge in [0.1, 0.15) is 5.82 Å². The minimum absolute atomic E-state index is 0.0809. The Morgan fingerprint density at radius 2 is 2.08 bits per heavy atom. The van der Waals surface area contributed by atoms with Crippen molar-refractivity contribution in [2.75, 3.05) is 5.32 Å². The van der Waals surface area contributed by atoms with Crippen LogP contribution in [0.25, 0.3) is 0 Å². The summed E-state index contributed by atoms with van der Waals surface area (Å²) in [6.45, 7) is 5.06. The fourth-order valence-electron chi connectivity index (χ4n) is 2.31. The average Bonchev–Trinajstić information content (AvgIpc) is 2.50. The second-order valence-corrected chi connectivity index (χ2v) is 6.69. The van der Waals surface area contributed by atoms with E-state index < -0.39 is 33.6 Å². The van der Waals surface area contributed by atoms with Crippen molar-refractivity contribution in [3.05, 3.63) is 59.3 Å². The first-order valence-corrected chi connectivity index (χ1v) is 8.33. The molecule has 0 aliphatic heterocycles. The number of rotatable bonds is 4. The van der Waals surface area contributed by atoms with E-state index in [2.05, 4.69) is 16.9 Å². The monoisotopic (exact) mass is 360 g/mol. The molecule has 1 aliphatic carbocycles. The number of sulfonamides is 1. The van der Waals surface area contributed by atoms with Crippen LogP contribution >= 0.6 is 0 Å². The van der Waals surface area contributed by atoms with Crippen LogP contribution < -0.4 is 10.5 Å². The third kappa shape index (κ3) is 3.85. The van der Waals surface area contributed by atoms with Gasteiger partial charge in [0.15, 0.2) is 0 Å². The topological polar surface area (TPSA) is 85.1 Å². The number of nitrogens with two attached hydrogens (primary N) is 1. The summed E-state index contributed by atoms with van der Waals surface area (Å²) in [5.74, 6) is -2.33. The highest BCUT2D eigenvalue weighted by Gasteiger charge is 2.32. The lowest BCUT2D eigenvalue weighted by Crippen LogP contribution is -2.28. The van der Waals surface area contributed by atoms with Crippen LogP contribution in [0.4, 0.5) is 19.0 Å². The molecule has 5 nitrogen and oxygen atoms in total. The Labute approximate surface area is 139 Å². The number of nitrogens with zero attached hydrogens (tertiary/aromatic N) is 1. The van der Waals surface area contributed by atoms with Gasteiger partial charge in [-0.1, -0.05) is 13.0 Å². The fourth-order valence-corrected chi connectivity index (χ4v) is 3.19. The first kappa shape index (κ1) is 16.7. The van der Waals surface area contributed by atoms with Gasteiger partial charge < -0.3 is 5.32 Å². The molecular weight excluding hydrogens is 343 g/mol. The Bertz CT molecular complexity index is 848. The predicted octanol–water partition coefficient (Wildman–Crippen LogP) is 3.02. The van der Waals surface area contributed by atoms with Gasteiger partial charge in [0.05, 0.1) is 10.5 Å². The lowest BCUT2D eigenvalue weighted by atomic mass is 9.87. The molecule has 0 bridgehead atoms. The van der Waals surface area contributed by atoms with Crippen molar-refractivity contribution < 1.29 is 23.0 Å². The van der Waals surface area contributed by atoms with Gasteiger partial charge in [-0.2, -0.15) is 13.2 Å². The molecule has 2 rings (SSSR count). The molecule has 0 amide bonds. The summed E-state index contributed by atoms with van der Waals surface area (Å²) < 4.78 is 69.5. The lowest BCUT2D eigenvalue weighted by molar-refractivity contribution is -0.137. The Morgan fingerprint density at radius 3 is 2.54 bits per heavy atom. The standard InChI is InChI=1S/C15H16F3N3O2S/c1-3-11-9(2)13(24(19,22)23)6-5-12(11)21-14-7-4-10(8-20-14)15(16,17)18/h3-9,11H,1H2,2H3,(H,20,21)(H2,19,22,23)/i11D. The number of hydrogen-bond acceptors (Lipinski definition) is 4. The van der Waals surface area contributed by atoms with E-state index in [0.29, 0.717) is 6.20 Å². The Morgan fingerprint density at radius 1 is 1.42 bits per heavy atom. The van der Waals surface area contributed by atoms with E-state index in [9.17, 15) is 21.6 Å². The molecule has 1 aromatic rings. The molecule has 2 atom stereocenters. The maximum atomic E-state index is 12.6. The third-order valence-corrected chi connectivity index (χ3v) is 4.67. The maximum absolute atomic E-state index is 12.6. The number of pyridine rings is 1. The zero-order chi connectivity index (χ0) is 19.0. The molecule has 0 spiro atoms. The summed E-state index contributed by atoms with van der Waals surface area (Å²) in [7, 11) is -3.99. The van der Waals surface area contributed by atoms with Crippen LogP contribution in [0.5, 0.6) is 0 Å². The van der Waals surface area contributed by atoms with Gasteiger partial charge >= 0.3 is 6.18 Å². The molecule has 2 unspecified atom stereocenters. The summed E-state index contributed by atoms with van der Waals surface area (Å²) in [6, 6.07) is 1.98. The summed E-state index contributed by atoms with van der Waals surface area (Å²) in [6.07, 6.45) is -0.0207. The van der Waals surface area contributed by atoms with Crippen LogP contribution in [-0.2, 0) is 16.2 Å². The van der Waals surface area contributed by atoms with Crippen LogP contribution in [0.15, 0.2) is 53.7 Å². The van der Waals surface area contributed by atoms with Gasteiger partial charge in [0.2, 0.25) is 10.0 Å². The largest absolute Gasteiger partial charge is 0.417 e. The number of primary sulfonamides is 1. The first-order chi connectivity index (χ1) is 11.4. The van der Waals surface area contributed by atoms with Gasteiger partial charge in [0, 0.05) is 25.1 Å². The molecular formula is C15H16F3N3O2S. The molecule has 0 aromatic carbocycles. The van der Waals surface area contributed by atoms with Crippen LogP contribution in [0.2, 0.25) is 0 Å². The molecule has 1 aromatic heterocycles. The highest BCUT2D eigenvalue weighted by atomic mass is 32.2. The quantitative estimate of drug-likeness (QED) is 0.809. The molecule has 3 N–H and O–H groups in total. The van der Waals surface area contributed by atoms with Crippen molar-refractivity contribution in [3.63, 3.8) is 0 Å². The highest BCUT2D eigenvalue weighted by Crippen LogP contribution is 2.34. The molecule has 0 radical (unpaired) electrons. The van der Waals surface area contributed by atoms with E-state index >= 15 is 0 Å². The van der Waals surface area contributed by atoms with Crippen molar-refractivity contribution in [1.29, 1.82) is 0 Å². The van der Waals surface area contributed by atoms with Crippen molar-refractivity contribution in [2.24, 2.45) is 17.0 Å². The van der Waals surface area contributed by atoms with Crippen molar-refractivity contribution >= 4 is 15.8 Å². The van der Waals surface area contributed by atoms with Crippen molar-refractivity contribution in [3.8, 4) is 0 Å². The molecule has 9 heteroatoms. The van der Waals surface area contributed by atoms with E-state index in [-0.39, 0.29) is 16.4 Å². The minimum Gasteiger partial charge on any atom is -0.343 e. The summed E-state index contributed by atoms with van der Waals surface area (Å²) in [5.41, 5.74) is -0.684. The van der Waals surface area contributed by atoms with Crippen LogP contribution in [0, 0.1) is 11.8 Å². The lowest BCUT2D eigenvalue weighted by Gasteiger charge is -2.28. The average molecular weight is 360 g/mol. The molecule has 0 saturated carbocycles. The maximum Gasteiger partial charge on any atom is 0.417 e. The number of aromatic nitrogens is 1. The van der Waals surface area contributed by atoms with Crippen LogP contribution in [-0.4, -0.2) is 13.4 Å². The second kappa shape index (κ2) is 6.40. The minimum atomic E-state index is -4.50. The summed E-state index contributed by atoms with van der Waals surface area (Å²) in [5, 5.41) is 7.90. The van der Waals surface area contributed by atoms with E-state index in [0.717, 1.165) is 12.1 Å². The number of alkyl halides is 3. The highest BCUT2D eigenvalue weighted by molar-refractivity contribution is 7.93. The normalized spacial score (nSPS) is 25.4. The molecule has 1 heterocycles. The summed E-state index contributed by atoms with van der Waals surface area (Å²) >= 11 is 0. The van der Waals surface area contributed by atoms with Crippen molar-refractivity contribution in [1.82, 2.24) is 4.98 Å². The Kier molecular flexibility index (Phi) is 4.46. The molecule has 0 fully saturated rings. The van der Waals surface area contributed by atoms with E-state index in [1.165, 1.54) is 25.2 Å². The molecule has 24 heavy (non-hydrogen) atoms. The van der Waals surface area contributed by atoms with Gasteiger partial charge in [-0.3, -0.25) is 0 Å². The van der Waals surface area contributed by atoms with Crippen LogP contribution in [0.1, 0.15) is 13.9 Å². The summed E-state index contributed by atoms with van der Waals surface area (Å²) in [4.78, 5) is 3.55. The Balaban J connectivity index is 2.39. The van der Waals surface area contributed by atoms with Gasteiger partial charge in [-0.05, 0) is 24.3 Å². The first-order valence-electron chi connectivity index (χ1n) is 7.28. The number of anilines is 1. The number of hydrogen-bond donors (Lipinski definition) is 2. The van der Waals surface area contributed by atoms with Crippen molar-refractivity contribution in [2.45, 2.75) is 13.1 Å². The zero-order valence-electron chi connectivity index (χ0n) is 13.6. The molecule has 130 valence electrons. The number of nitrogens with one attached hydrogen (secondary N) is 1. The Hall–Kier alpha value is -2.13. The van der Waals surface area contributed by atoms with E-state index in [1.54, 1.807) is 0 Å². The third-order valence-electron chi connectivity index (χ3n) is 3.52. The predicted molar refractivity (Wildman–Crippen MR) is 85.0 cm³/mol. The number of allylic oxidation sites excluding steroid dienone is 4. The molecule has 0 saturated heterocycles. The second-order valence-electron chi connectivity index (χ2n) is 5.13. The van der Waals surface area contributed by atoms with Crippen LogP contribution in [0.3, 0.4) is 0 Å². The fraction of sp³-hybridized carbons (Fsp3) is 0.267. The van der Waals surface area contributed by atoms with E-state index in [4.69, 9.17) is 6.51 Å². The zero-order valence-corrected chi connectivity index (χ0v) is 13.4. The molecule has 1 aliphatic rings. The van der Waals surface area contributed by atoms with Gasteiger partial charge in [0.25, 0.3) is 0 Å².